The Hall–Kier alpha value is -2.35. The molecule has 2 amide bonds. The highest BCUT2D eigenvalue weighted by Crippen LogP contribution is 2.58. The molecule has 1 saturated heterocycles. The maximum Gasteiger partial charge on any atom is 0.287 e. The zero-order chi connectivity index (χ0) is 16.5. The van der Waals surface area contributed by atoms with Gasteiger partial charge in [-0.1, -0.05) is 0 Å². The highest BCUT2D eigenvalue weighted by molar-refractivity contribution is 8.15. The maximum atomic E-state index is 14.2. The van der Waals surface area contributed by atoms with Crippen LogP contribution in [0.1, 0.15) is 11.1 Å². The molecule has 0 bridgehead atoms. The minimum absolute atomic E-state index is 0.206. The van der Waals surface area contributed by atoms with E-state index in [9.17, 15) is 27.2 Å². The first-order valence-corrected chi connectivity index (χ1v) is 7.20. The summed E-state index contributed by atoms with van der Waals surface area (Å²) < 4.78 is 53.9. The lowest BCUT2D eigenvalue weighted by atomic mass is 9.94. The van der Waals surface area contributed by atoms with Crippen LogP contribution in [-0.4, -0.2) is 11.1 Å². The van der Waals surface area contributed by atoms with Gasteiger partial charge in [0.05, 0.1) is 0 Å². The predicted octanol–water partition coefficient (Wildman–Crippen LogP) is 3.45. The fraction of sp³-hybridized carbons (Fsp3) is 0.0667. The normalized spacial score (nSPS) is 17.4. The second-order valence-electron chi connectivity index (χ2n) is 5.15. The van der Waals surface area contributed by atoms with Crippen LogP contribution in [0, 0.1) is 23.3 Å². The molecule has 1 heterocycles. The molecule has 2 aromatic rings. The Morgan fingerprint density at radius 1 is 0.826 bits per heavy atom. The lowest BCUT2D eigenvalue weighted by Crippen LogP contribution is -2.34. The molecule has 116 valence electrons. The van der Waals surface area contributed by atoms with Gasteiger partial charge in [0.15, 0.2) is 4.75 Å². The van der Waals surface area contributed by atoms with Gasteiger partial charge in [0.1, 0.15) is 23.3 Å². The summed E-state index contributed by atoms with van der Waals surface area (Å²) in [5, 5.41) is 1.24. The number of carbonyl (C=O) groups excluding carboxylic acids is 2. The standard InChI is InChI=1S/C15H5F4NO2S/c16-5-1-7-11(9(18)3-5)12-8(2-6(17)4-10(12)19)15(7)13(21)20-14(22)23-15/h1-4H,(H,20,21,22). The summed E-state index contributed by atoms with van der Waals surface area (Å²) in [7, 11) is 0. The molecule has 1 aliphatic carbocycles. The second-order valence-corrected chi connectivity index (χ2v) is 6.33. The van der Waals surface area contributed by atoms with Crippen LogP contribution in [0.25, 0.3) is 11.1 Å². The number of imide groups is 1. The predicted molar refractivity (Wildman–Crippen MR) is 73.6 cm³/mol. The molecule has 4 rings (SSSR count). The van der Waals surface area contributed by atoms with Gasteiger partial charge in [-0.3, -0.25) is 14.9 Å². The average Bonchev–Trinajstić information content (AvgIpc) is 2.88. The summed E-state index contributed by atoms with van der Waals surface area (Å²) in [6, 6.07) is 2.81. The Labute approximate surface area is 130 Å². The number of carbonyl (C=O) groups is 2. The number of thioether (sulfide) groups is 1. The van der Waals surface area contributed by atoms with Crippen molar-refractivity contribution in [3.63, 3.8) is 0 Å². The largest absolute Gasteiger partial charge is 0.287 e. The fourth-order valence-corrected chi connectivity index (χ4v) is 4.21. The van der Waals surface area contributed by atoms with Crippen LogP contribution in [0.5, 0.6) is 0 Å². The summed E-state index contributed by atoms with van der Waals surface area (Å²) in [6.45, 7) is 0. The summed E-state index contributed by atoms with van der Waals surface area (Å²) in [5.74, 6) is -5.03. The van der Waals surface area contributed by atoms with E-state index in [1.165, 1.54) is 0 Å². The van der Waals surface area contributed by atoms with E-state index >= 15 is 0 Å². The first kappa shape index (κ1) is 14.3. The summed E-state index contributed by atoms with van der Waals surface area (Å²) in [4.78, 5) is 24.0. The van der Waals surface area contributed by atoms with Crippen molar-refractivity contribution in [2.24, 2.45) is 0 Å². The third kappa shape index (κ3) is 1.66. The Morgan fingerprint density at radius 2 is 1.30 bits per heavy atom. The van der Waals surface area contributed by atoms with Gasteiger partial charge in [0, 0.05) is 23.3 Å². The molecule has 0 atom stereocenters. The van der Waals surface area contributed by atoms with Crippen LogP contribution in [0.4, 0.5) is 22.4 Å². The van der Waals surface area contributed by atoms with Gasteiger partial charge in [-0.15, -0.1) is 0 Å². The van der Waals surface area contributed by atoms with Gasteiger partial charge in [-0.25, -0.2) is 17.6 Å². The number of rotatable bonds is 0. The zero-order valence-electron chi connectivity index (χ0n) is 11.0. The summed E-state index contributed by atoms with van der Waals surface area (Å²) in [5.41, 5.74) is -1.08. The fourth-order valence-electron chi connectivity index (χ4n) is 3.10. The van der Waals surface area contributed by atoms with E-state index < -0.39 is 39.2 Å². The summed E-state index contributed by atoms with van der Waals surface area (Å²) in [6.07, 6.45) is 0. The molecule has 1 N–H and O–H groups in total. The molecule has 0 unspecified atom stereocenters. The van der Waals surface area contributed by atoms with Crippen LogP contribution in [0.3, 0.4) is 0 Å². The van der Waals surface area contributed by atoms with E-state index in [0.29, 0.717) is 23.9 Å². The molecule has 8 heteroatoms. The lowest BCUT2D eigenvalue weighted by molar-refractivity contribution is -0.120. The van der Waals surface area contributed by atoms with E-state index in [1.807, 2.05) is 5.32 Å². The van der Waals surface area contributed by atoms with Crippen molar-refractivity contribution in [2.45, 2.75) is 4.75 Å². The molecular formula is C15H5F4NO2S. The van der Waals surface area contributed by atoms with E-state index in [-0.39, 0.29) is 22.3 Å². The Kier molecular flexibility index (Phi) is 2.69. The van der Waals surface area contributed by atoms with E-state index in [2.05, 4.69) is 0 Å². The molecule has 0 saturated carbocycles. The first-order valence-electron chi connectivity index (χ1n) is 6.38. The Morgan fingerprint density at radius 3 is 1.70 bits per heavy atom. The van der Waals surface area contributed by atoms with Crippen molar-refractivity contribution in [1.29, 1.82) is 0 Å². The van der Waals surface area contributed by atoms with Crippen LogP contribution < -0.4 is 5.32 Å². The minimum atomic E-state index is -1.90. The molecule has 23 heavy (non-hydrogen) atoms. The van der Waals surface area contributed by atoms with Gasteiger partial charge in [0.25, 0.3) is 11.1 Å². The Balaban J connectivity index is 2.20. The minimum Gasteiger partial charge on any atom is -0.285 e. The van der Waals surface area contributed by atoms with Crippen LogP contribution in [-0.2, 0) is 9.54 Å². The molecule has 2 aromatic carbocycles. The van der Waals surface area contributed by atoms with E-state index in [1.54, 1.807) is 0 Å². The third-order valence-electron chi connectivity index (χ3n) is 3.90. The third-order valence-corrected chi connectivity index (χ3v) is 5.12. The molecule has 2 aliphatic rings. The van der Waals surface area contributed by atoms with E-state index in [4.69, 9.17) is 0 Å². The number of hydrogen-bond acceptors (Lipinski definition) is 3. The van der Waals surface area contributed by atoms with Crippen molar-refractivity contribution >= 4 is 22.9 Å². The number of benzene rings is 2. The van der Waals surface area contributed by atoms with Crippen LogP contribution >= 0.6 is 11.8 Å². The van der Waals surface area contributed by atoms with Gasteiger partial charge < -0.3 is 0 Å². The maximum absolute atomic E-state index is 14.2. The topological polar surface area (TPSA) is 46.2 Å². The van der Waals surface area contributed by atoms with Crippen LogP contribution in [0.2, 0.25) is 0 Å². The number of hydrogen-bond donors (Lipinski definition) is 1. The van der Waals surface area contributed by atoms with Crippen molar-refractivity contribution in [2.75, 3.05) is 0 Å². The van der Waals surface area contributed by atoms with Crippen molar-refractivity contribution in [3.8, 4) is 11.1 Å². The van der Waals surface area contributed by atoms with Gasteiger partial charge in [0.2, 0.25) is 0 Å². The zero-order valence-corrected chi connectivity index (χ0v) is 11.9. The highest BCUT2D eigenvalue weighted by Gasteiger charge is 2.57. The first-order chi connectivity index (χ1) is 10.8. The molecule has 1 aliphatic heterocycles. The lowest BCUT2D eigenvalue weighted by Gasteiger charge is -2.21. The smallest absolute Gasteiger partial charge is 0.285 e. The molecule has 0 aromatic heterocycles. The summed E-state index contributed by atoms with van der Waals surface area (Å²) >= 11 is 0.438. The molecular weight excluding hydrogens is 334 g/mol. The molecule has 3 nitrogen and oxygen atoms in total. The van der Waals surface area contributed by atoms with Gasteiger partial charge >= 0.3 is 0 Å². The van der Waals surface area contributed by atoms with Crippen molar-refractivity contribution in [1.82, 2.24) is 5.32 Å². The second kappa shape index (κ2) is 4.35. The molecule has 1 fully saturated rings. The average molecular weight is 339 g/mol. The van der Waals surface area contributed by atoms with Crippen molar-refractivity contribution < 1.29 is 27.2 Å². The Bertz CT molecular complexity index is 871. The number of halogens is 4. The van der Waals surface area contributed by atoms with Crippen molar-refractivity contribution in [3.05, 3.63) is 58.7 Å². The number of nitrogens with one attached hydrogen (secondary N) is 1. The number of fused-ring (bicyclic) bond motifs is 5. The van der Waals surface area contributed by atoms with Gasteiger partial charge in [-0.2, -0.15) is 0 Å². The van der Waals surface area contributed by atoms with Gasteiger partial charge in [-0.05, 0) is 35.0 Å². The highest BCUT2D eigenvalue weighted by atomic mass is 32.2. The monoisotopic (exact) mass is 339 g/mol. The number of amides is 2. The molecule has 0 radical (unpaired) electrons. The molecule has 1 spiro atoms. The quantitative estimate of drug-likeness (QED) is 0.748. The van der Waals surface area contributed by atoms with E-state index in [0.717, 1.165) is 12.1 Å². The SMILES string of the molecule is O=C1NC(=O)C2(S1)c1cc(F)cc(F)c1-c1c(F)cc(F)cc12. The van der Waals surface area contributed by atoms with Crippen LogP contribution in [0.15, 0.2) is 24.3 Å².